The number of hydrogen-bond acceptors (Lipinski definition) is 4. The van der Waals surface area contributed by atoms with Gasteiger partial charge in [-0.1, -0.05) is 0 Å². The standard InChI is InChI=1S/C9H19N3O2S/c1-6(5-15-3)12(2)9(14)7(10)4-8(11)13/h6-7H,4-5,10H2,1-3H3,(H2,11,13). The zero-order chi connectivity index (χ0) is 12.0. The van der Waals surface area contributed by atoms with E-state index in [0.29, 0.717) is 0 Å². The molecule has 0 spiro atoms. The molecule has 0 radical (unpaired) electrons. The largest absolute Gasteiger partial charge is 0.370 e. The number of thioether (sulfide) groups is 1. The third-order valence-corrected chi connectivity index (χ3v) is 2.97. The number of nitrogens with zero attached hydrogens (tertiary/aromatic N) is 1. The third-order valence-electron chi connectivity index (χ3n) is 2.15. The van der Waals surface area contributed by atoms with Crippen molar-refractivity contribution >= 4 is 23.6 Å². The fourth-order valence-electron chi connectivity index (χ4n) is 1.14. The molecule has 0 aromatic rings. The van der Waals surface area contributed by atoms with Crippen molar-refractivity contribution in [1.29, 1.82) is 0 Å². The molecule has 15 heavy (non-hydrogen) atoms. The first-order chi connectivity index (χ1) is 6.90. The van der Waals surface area contributed by atoms with E-state index in [2.05, 4.69) is 0 Å². The second-order valence-corrected chi connectivity index (χ2v) is 4.44. The summed E-state index contributed by atoms with van der Waals surface area (Å²) in [5, 5.41) is 0. The first-order valence-corrected chi connectivity index (χ1v) is 6.09. The molecule has 2 amide bonds. The highest BCUT2D eigenvalue weighted by atomic mass is 32.2. The van der Waals surface area contributed by atoms with Crippen LogP contribution in [0.3, 0.4) is 0 Å². The molecule has 5 nitrogen and oxygen atoms in total. The van der Waals surface area contributed by atoms with E-state index in [9.17, 15) is 9.59 Å². The van der Waals surface area contributed by atoms with Gasteiger partial charge in [0.2, 0.25) is 11.8 Å². The first-order valence-electron chi connectivity index (χ1n) is 4.69. The van der Waals surface area contributed by atoms with Crippen LogP contribution in [0.4, 0.5) is 0 Å². The van der Waals surface area contributed by atoms with Crippen molar-refractivity contribution in [1.82, 2.24) is 4.90 Å². The van der Waals surface area contributed by atoms with Crippen LogP contribution in [0.5, 0.6) is 0 Å². The summed E-state index contributed by atoms with van der Waals surface area (Å²) in [7, 11) is 1.68. The maximum Gasteiger partial charge on any atom is 0.240 e. The average Bonchev–Trinajstić information content (AvgIpc) is 2.14. The fourth-order valence-corrected chi connectivity index (χ4v) is 1.84. The Morgan fingerprint density at radius 3 is 2.40 bits per heavy atom. The molecular weight excluding hydrogens is 214 g/mol. The molecule has 4 N–H and O–H groups in total. The van der Waals surface area contributed by atoms with E-state index in [1.165, 1.54) is 0 Å². The van der Waals surface area contributed by atoms with Gasteiger partial charge < -0.3 is 16.4 Å². The van der Waals surface area contributed by atoms with Crippen LogP contribution in [0.2, 0.25) is 0 Å². The predicted octanol–water partition coefficient (Wildman–Crippen LogP) is -0.601. The molecule has 0 aromatic heterocycles. The van der Waals surface area contributed by atoms with Gasteiger partial charge in [0.1, 0.15) is 0 Å². The number of hydrogen-bond donors (Lipinski definition) is 2. The molecule has 0 heterocycles. The van der Waals surface area contributed by atoms with E-state index in [0.717, 1.165) is 5.75 Å². The van der Waals surface area contributed by atoms with Gasteiger partial charge in [-0.05, 0) is 13.2 Å². The number of primary amides is 1. The molecule has 6 heteroatoms. The van der Waals surface area contributed by atoms with Gasteiger partial charge >= 0.3 is 0 Å². The highest BCUT2D eigenvalue weighted by Gasteiger charge is 2.22. The Balaban J connectivity index is 4.23. The van der Waals surface area contributed by atoms with Crippen LogP contribution in [0, 0.1) is 0 Å². The summed E-state index contributed by atoms with van der Waals surface area (Å²) in [4.78, 5) is 23.8. The Kier molecular flexibility index (Phi) is 6.35. The van der Waals surface area contributed by atoms with Gasteiger partial charge in [0.05, 0.1) is 12.5 Å². The van der Waals surface area contributed by atoms with Crippen LogP contribution in [0.15, 0.2) is 0 Å². The molecule has 0 aliphatic rings. The molecule has 0 aliphatic carbocycles. The summed E-state index contributed by atoms with van der Waals surface area (Å²) in [6.07, 6.45) is 1.87. The van der Waals surface area contributed by atoms with Gasteiger partial charge in [-0.15, -0.1) is 0 Å². The van der Waals surface area contributed by atoms with E-state index in [-0.39, 0.29) is 18.4 Å². The molecule has 0 fully saturated rings. The van der Waals surface area contributed by atoms with E-state index < -0.39 is 11.9 Å². The predicted molar refractivity (Wildman–Crippen MR) is 62.4 cm³/mol. The summed E-state index contributed by atoms with van der Waals surface area (Å²) < 4.78 is 0. The Morgan fingerprint density at radius 1 is 1.47 bits per heavy atom. The highest BCUT2D eigenvalue weighted by Crippen LogP contribution is 2.05. The molecule has 0 rings (SSSR count). The topological polar surface area (TPSA) is 89.4 Å². The second kappa shape index (κ2) is 6.68. The molecule has 2 atom stereocenters. The zero-order valence-electron chi connectivity index (χ0n) is 9.40. The number of carbonyl (C=O) groups excluding carboxylic acids is 2. The summed E-state index contributed by atoms with van der Waals surface area (Å²) in [5.41, 5.74) is 10.5. The Hall–Kier alpha value is -0.750. The lowest BCUT2D eigenvalue weighted by Crippen LogP contribution is -2.47. The van der Waals surface area contributed by atoms with E-state index in [1.807, 2.05) is 13.2 Å². The molecule has 0 aliphatic heterocycles. The molecule has 0 bridgehead atoms. The van der Waals surface area contributed by atoms with Crippen LogP contribution in [-0.4, -0.2) is 47.9 Å². The van der Waals surface area contributed by atoms with Crippen molar-refractivity contribution in [2.45, 2.75) is 25.4 Å². The maximum absolute atomic E-state index is 11.7. The van der Waals surface area contributed by atoms with Crippen LogP contribution < -0.4 is 11.5 Å². The minimum Gasteiger partial charge on any atom is -0.370 e. The summed E-state index contributed by atoms with van der Waals surface area (Å²) in [5.74, 6) is 0.0445. The molecule has 0 aromatic carbocycles. The smallest absolute Gasteiger partial charge is 0.240 e. The van der Waals surface area contributed by atoms with Crippen LogP contribution in [-0.2, 0) is 9.59 Å². The third kappa shape index (κ3) is 5.03. The first kappa shape index (κ1) is 14.2. The van der Waals surface area contributed by atoms with Crippen LogP contribution in [0.1, 0.15) is 13.3 Å². The number of amides is 2. The van der Waals surface area contributed by atoms with Gasteiger partial charge in [-0.2, -0.15) is 11.8 Å². The van der Waals surface area contributed by atoms with Gasteiger partial charge in [-0.25, -0.2) is 0 Å². The summed E-state index contributed by atoms with van der Waals surface area (Å²) in [6, 6.07) is -0.719. The number of nitrogens with two attached hydrogens (primary N) is 2. The summed E-state index contributed by atoms with van der Waals surface area (Å²) >= 11 is 1.65. The van der Waals surface area contributed by atoms with Crippen molar-refractivity contribution < 1.29 is 9.59 Å². The minimum atomic E-state index is -0.822. The highest BCUT2D eigenvalue weighted by molar-refractivity contribution is 7.98. The monoisotopic (exact) mass is 233 g/mol. The summed E-state index contributed by atoms with van der Waals surface area (Å²) in [6.45, 7) is 1.94. The lowest BCUT2D eigenvalue weighted by Gasteiger charge is -2.26. The second-order valence-electron chi connectivity index (χ2n) is 3.53. The molecule has 0 saturated carbocycles. The lowest BCUT2D eigenvalue weighted by molar-refractivity contribution is -0.134. The number of carbonyl (C=O) groups is 2. The lowest BCUT2D eigenvalue weighted by atomic mass is 10.1. The Bertz CT molecular complexity index is 235. The molecule has 2 unspecified atom stereocenters. The zero-order valence-corrected chi connectivity index (χ0v) is 10.2. The van der Waals surface area contributed by atoms with Crippen molar-refractivity contribution in [3.05, 3.63) is 0 Å². The van der Waals surface area contributed by atoms with Crippen molar-refractivity contribution in [2.75, 3.05) is 19.1 Å². The maximum atomic E-state index is 11.7. The quantitative estimate of drug-likeness (QED) is 0.641. The minimum absolute atomic E-state index is 0.102. The number of rotatable bonds is 6. The van der Waals surface area contributed by atoms with Gasteiger partial charge in [0, 0.05) is 18.8 Å². The van der Waals surface area contributed by atoms with Gasteiger partial charge in [0.15, 0.2) is 0 Å². The molecule has 0 saturated heterocycles. The van der Waals surface area contributed by atoms with Crippen molar-refractivity contribution in [3.8, 4) is 0 Å². The normalized spacial score (nSPS) is 14.4. The fraction of sp³-hybridized carbons (Fsp3) is 0.778. The van der Waals surface area contributed by atoms with E-state index in [1.54, 1.807) is 23.7 Å². The molecule has 88 valence electrons. The van der Waals surface area contributed by atoms with E-state index in [4.69, 9.17) is 11.5 Å². The number of likely N-dealkylation sites (N-methyl/N-ethyl adjacent to an activating group) is 1. The van der Waals surface area contributed by atoms with Crippen LogP contribution in [0.25, 0.3) is 0 Å². The Morgan fingerprint density at radius 2 is 2.00 bits per heavy atom. The SMILES string of the molecule is CSCC(C)N(C)C(=O)C(N)CC(N)=O. The van der Waals surface area contributed by atoms with E-state index >= 15 is 0 Å². The van der Waals surface area contributed by atoms with Crippen molar-refractivity contribution in [2.24, 2.45) is 11.5 Å². The Labute approximate surface area is 94.5 Å². The van der Waals surface area contributed by atoms with Crippen molar-refractivity contribution in [3.63, 3.8) is 0 Å². The van der Waals surface area contributed by atoms with Gasteiger partial charge in [-0.3, -0.25) is 9.59 Å². The van der Waals surface area contributed by atoms with Gasteiger partial charge in [0.25, 0.3) is 0 Å². The molecular formula is C9H19N3O2S. The average molecular weight is 233 g/mol. The van der Waals surface area contributed by atoms with Crippen LogP contribution >= 0.6 is 11.8 Å².